The molecule has 108 valence electrons. The number of nitro benzene ring substituents is 1. The fourth-order valence-corrected chi connectivity index (χ4v) is 1.38. The second-order valence-corrected chi connectivity index (χ2v) is 4.78. The van der Waals surface area contributed by atoms with Crippen LogP contribution in [-0.2, 0) is 4.74 Å². The zero-order chi connectivity index (χ0) is 15.5. The van der Waals surface area contributed by atoms with Crippen LogP contribution in [-0.4, -0.2) is 27.8 Å². The molecule has 0 aliphatic heterocycles. The van der Waals surface area contributed by atoms with Crippen molar-refractivity contribution in [2.45, 2.75) is 26.4 Å². The monoisotopic (exact) mass is 283 g/mol. The summed E-state index contributed by atoms with van der Waals surface area (Å²) in [6.07, 6.45) is -1.71. The number of ether oxygens (including phenoxy) is 2. The molecule has 0 saturated heterocycles. The zero-order valence-electron chi connectivity index (χ0n) is 11.1. The van der Waals surface area contributed by atoms with E-state index < -0.39 is 34.1 Å². The first-order valence-corrected chi connectivity index (χ1v) is 5.53. The minimum absolute atomic E-state index is 0.372. The van der Waals surface area contributed by atoms with Crippen molar-refractivity contribution in [1.29, 1.82) is 0 Å². The average Bonchev–Trinajstić information content (AvgIpc) is 2.24. The minimum Gasteiger partial charge on any atom is -0.456 e. The average molecular weight is 283 g/mol. The highest BCUT2D eigenvalue weighted by Gasteiger charge is 2.30. The fraction of sp³-hybridized carbons (Fsp3) is 0.333. The second-order valence-electron chi connectivity index (χ2n) is 4.78. The van der Waals surface area contributed by atoms with Crippen LogP contribution in [0.3, 0.4) is 0 Å². The smallest absolute Gasteiger partial charge is 0.456 e. The van der Waals surface area contributed by atoms with Crippen LogP contribution in [0.25, 0.3) is 0 Å². The molecular weight excluding hydrogens is 270 g/mol. The van der Waals surface area contributed by atoms with E-state index >= 15 is 0 Å². The molecule has 0 heterocycles. The number of carboxylic acid groups (broad SMARTS) is 1. The first kappa shape index (κ1) is 15.4. The SMILES string of the molecule is CC(C)(C)OC(=O)c1cccc(OC(=O)O)c1[N+](=O)[O-]. The largest absolute Gasteiger partial charge is 0.511 e. The molecule has 1 aromatic carbocycles. The standard InChI is InChI=1S/C12H13NO7/c1-12(2,3)20-10(14)7-5-4-6-8(19-11(15)16)9(7)13(17)18/h4-6H,1-3H3,(H,15,16). The van der Waals surface area contributed by atoms with Crippen LogP contribution in [0.5, 0.6) is 5.75 Å². The van der Waals surface area contributed by atoms with Gasteiger partial charge in [0.2, 0.25) is 5.75 Å². The molecule has 0 aliphatic rings. The van der Waals surface area contributed by atoms with Gasteiger partial charge in [-0.25, -0.2) is 9.59 Å². The first-order valence-electron chi connectivity index (χ1n) is 5.53. The van der Waals surface area contributed by atoms with Gasteiger partial charge >= 0.3 is 17.8 Å². The van der Waals surface area contributed by atoms with Crippen LogP contribution in [0.2, 0.25) is 0 Å². The van der Waals surface area contributed by atoms with Crippen molar-refractivity contribution >= 4 is 17.8 Å². The fourth-order valence-electron chi connectivity index (χ4n) is 1.38. The van der Waals surface area contributed by atoms with Crippen LogP contribution in [0.4, 0.5) is 10.5 Å². The number of hydrogen-bond acceptors (Lipinski definition) is 6. The van der Waals surface area contributed by atoms with E-state index in [4.69, 9.17) is 9.84 Å². The van der Waals surface area contributed by atoms with Crippen molar-refractivity contribution in [3.05, 3.63) is 33.9 Å². The number of nitrogens with zero attached hydrogens (tertiary/aromatic N) is 1. The Bertz CT molecular complexity index is 559. The molecule has 0 unspecified atom stereocenters. The zero-order valence-corrected chi connectivity index (χ0v) is 11.1. The summed E-state index contributed by atoms with van der Waals surface area (Å²) < 4.78 is 9.32. The van der Waals surface area contributed by atoms with Crippen molar-refractivity contribution in [1.82, 2.24) is 0 Å². The van der Waals surface area contributed by atoms with Crippen LogP contribution in [0, 0.1) is 10.1 Å². The van der Waals surface area contributed by atoms with E-state index in [2.05, 4.69) is 4.74 Å². The molecule has 0 spiro atoms. The highest BCUT2D eigenvalue weighted by atomic mass is 16.7. The number of benzene rings is 1. The lowest BCUT2D eigenvalue weighted by Crippen LogP contribution is -2.24. The van der Waals surface area contributed by atoms with Gasteiger partial charge in [0.25, 0.3) is 0 Å². The van der Waals surface area contributed by atoms with E-state index in [1.165, 1.54) is 12.1 Å². The lowest BCUT2D eigenvalue weighted by molar-refractivity contribution is -0.386. The molecule has 1 aromatic rings. The lowest BCUT2D eigenvalue weighted by Gasteiger charge is -2.19. The first-order chi connectivity index (χ1) is 9.11. The van der Waals surface area contributed by atoms with Crippen molar-refractivity contribution in [3.8, 4) is 5.75 Å². The molecule has 0 radical (unpaired) electrons. The molecule has 0 aromatic heterocycles. The molecule has 0 saturated carbocycles. The van der Waals surface area contributed by atoms with Crippen LogP contribution < -0.4 is 4.74 Å². The van der Waals surface area contributed by atoms with Gasteiger partial charge in [0.15, 0.2) is 0 Å². The van der Waals surface area contributed by atoms with Crippen molar-refractivity contribution in [2.75, 3.05) is 0 Å². The Balaban J connectivity index is 3.29. The number of rotatable bonds is 3. The third-order valence-electron chi connectivity index (χ3n) is 2.00. The Morgan fingerprint density at radius 2 is 1.90 bits per heavy atom. The molecule has 0 fully saturated rings. The topological polar surface area (TPSA) is 116 Å². The maximum absolute atomic E-state index is 11.9. The molecule has 8 nitrogen and oxygen atoms in total. The van der Waals surface area contributed by atoms with Crippen LogP contribution in [0.1, 0.15) is 31.1 Å². The third kappa shape index (κ3) is 3.94. The van der Waals surface area contributed by atoms with Gasteiger partial charge in [-0.05, 0) is 32.9 Å². The van der Waals surface area contributed by atoms with E-state index in [-0.39, 0.29) is 5.56 Å². The molecule has 1 rings (SSSR count). The Kier molecular flexibility index (Phi) is 4.28. The number of carbonyl (C=O) groups is 2. The summed E-state index contributed by atoms with van der Waals surface area (Å²) in [4.78, 5) is 32.5. The second kappa shape index (κ2) is 5.55. The van der Waals surface area contributed by atoms with E-state index in [0.29, 0.717) is 0 Å². The Morgan fingerprint density at radius 1 is 1.30 bits per heavy atom. The lowest BCUT2D eigenvalue weighted by atomic mass is 10.1. The number of hydrogen-bond donors (Lipinski definition) is 1. The third-order valence-corrected chi connectivity index (χ3v) is 2.00. The van der Waals surface area contributed by atoms with E-state index in [9.17, 15) is 19.7 Å². The van der Waals surface area contributed by atoms with Gasteiger partial charge in [0, 0.05) is 0 Å². The summed E-state index contributed by atoms with van der Waals surface area (Å²) in [6, 6.07) is 3.52. The number of nitro groups is 1. The Hall–Kier alpha value is -2.64. The highest BCUT2D eigenvalue weighted by molar-refractivity contribution is 5.95. The predicted molar refractivity (Wildman–Crippen MR) is 66.9 cm³/mol. The van der Waals surface area contributed by atoms with E-state index in [1.54, 1.807) is 20.8 Å². The van der Waals surface area contributed by atoms with Crippen molar-refractivity contribution in [2.24, 2.45) is 0 Å². The normalized spacial score (nSPS) is 10.8. The van der Waals surface area contributed by atoms with Crippen molar-refractivity contribution < 1.29 is 29.1 Å². The summed E-state index contributed by atoms with van der Waals surface area (Å²) >= 11 is 0. The van der Waals surface area contributed by atoms with Gasteiger partial charge in [-0.1, -0.05) is 6.07 Å². The molecule has 0 aliphatic carbocycles. The van der Waals surface area contributed by atoms with Gasteiger partial charge in [0.1, 0.15) is 11.2 Å². The molecule has 1 N–H and O–H groups in total. The van der Waals surface area contributed by atoms with Crippen LogP contribution >= 0.6 is 0 Å². The maximum atomic E-state index is 11.9. The summed E-state index contributed by atoms with van der Waals surface area (Å²) in [6.45, 7) is 4.82. The van der Waals surface area contributed by atoms with Gasteiger partial charge in [-0.3, -0.25) is 10.1 Å². The summed E-state index contributed by atoms with van der Waals surface area (Å²) in [5.41, 5.74) is -1.96. The van der Waals surface area contributed by atoms with E-state index in [0.717, 1.165) is 6.07 Å². The number of para-hydroxylation sites is 1. The molecule has 0 amide bonds. The molecule has 0 atom stereocenters. The van der Waals surface area contributed by atoms with E-state index in [1.807, 2.05) is 0 Å². The summed E-state index contributed by atoms with van der Waals surface area (Å²) in [7, 11) is 0. The van der Waals surface area contributed by atoms with Crippen molar-refractivity contribution in [3.63, 3.8) is 0 Å². The molecule has 8 heteroatoms. The van der Waals surface area contributed by atoms with Gasteiger partial charge in [-0.2, -0.15) is 0 Å². The maximum Gasteiger partial charge on any atom is 0.511 e. The number of esters is 1. The molecule has 0 bridgehead atoms. The Labute approximate surface area is 114 Å². The number of carbonyl (C=O) groups excluding carboxylic acids is 1. The quantitative estimate of drug-likeness (QED) is 0.392. The van der Waals surface area contributed by atoms with Gasteiger partial charge in [-0.15, -0.1) is 0 Å². The van der Waals surface area contributed by atoms with Gasteiger partial charge < -0.3 is 14.6 Å². The summed E-state index contributed by atoms with van der Waals surface area (Å²) in [5.74, 6) is -1.47. The molecule has 20 heavy (non-hydrogen) atoms. The highest BCUT2D eigenvalue weighted by Crippen LogP contribution is 2.32. The van der Waals surface area contributed by atoms with Gasteiger partial charge in [0.05, 0.1) is 4.92 Å². The summed E-state index contributed by atoms with van der Waals surface area (Å²) in [5, 5.41) is 19.5. The minimum atomic E-state index is -1.71. The molecular formula is C12H13NO7. The Morgan fingerprint density at radius 3 is 2.35 bits per heavy atom. The van der Waals surface area contributed by atoms with Crippen LogP contribution in [0.15, 0.2) is 18.2 Å². The predicted octanol–water partition coefficient (Wildman–Crippen LogP) is 2.61.